The molecule has 1 aromatic heterocycles. The summed E-state index contributed by atoms with van der Waals surface area (Å²) in [7, 11) is 0. The Hall–Kier alpha value is -3.64. The molecule has 2 amide bonds. The third kappa shape index (κ3) is 6.08. The average Bonchev–Trinajstić information content (AvgIpc) is 2.89. The number of rotatable bonds is 9. The number of hydrogen-bond donors (Lipinski definition) is 3. The lowest BCUT2D eigenvalue weighted by Gasteiger charge is -2.35. The molecule has 35 heavy (non-hydrogen) atoms. The van der Waals surface area contributed by atoms with Gasteiger partial charge < -0.3 is 26.4 Å². The molecule has 2 heterocycles. The van der Waals surface area contributed by atoms with Crippen LogP contribution in [0, 0.1) is 17.9 Å². The molecule has 0 aliphatic carbocycles. The molecular formula is C24H27N7O3S. The summed E-state index contributed by atoms with van der Waals surface area (Å²) < 4.78 is 5.76. The first-order chi connectivity index (χ1) is 16.9. The van der Waals surface area contributed by atoms with Gasteiger partial charge in [0.2, 0.25) is 17.5 Å². The normalized spacial score (nSPS) is 16.1. The molecule has 2 aromatic rings. The van der Waals surface area contributed by atoms with E-state index in [4.69, 9.17) is 27.8 Å². The molecule has 3 rings (SSSR count). The van der Waals surface area contributed by atoms with Gasteiger partial charge in [0.05, 0.1) is 31.4 Å². The predicted molar refractivity (Wildman–Crippen MR) is 133 cm³/mol. The predicted octanol–water partition coefficient (Wildman–Crippen LogP) is 1.67. The summed E-state index contributed by atoms with van der Waals surface area (Å²) in [6.07, 6.45) is 0.121. The van der Waals surface area contributed by atoms with Gasteiger partial charge in [-0.2, -0.15) is 5.26 Å². The number of nitrogens with two attached hydrogens (primary N) is 2. The molecule has 0 spiro atoms. The highest BCUT2D eigenvalue weighted by Crippen LogP contribution is 2.42. The van der Waals surface area contributed by atoms with Crippen LogP contribution in [0.15, 0.2) is 35.4 Å². The first-order valence-electron chi connectivity index (χ1n) is 11.1. The standard InChI is InChI=1S/C24H27N7O3S/c1-3-17-18(11-25)24(35-21(22(27)33)15-7-5-4-6-8-15)30-23(20(17)28-2)31-9-10-34-16(14-31)13-29-19(32)12-26/h4-8,16,21H,3,9-10,12-14,26H2,1H3,(H2,27,33)(H,29,32)/t16-,21?/m1/s1. The molecule has 1 aromatic carbocycles. The first-order valence-corrected chi connectivity index (χ1v) is 12.0. The van der Waals surface area contributed by atoms with Gasteiger partial charge in [-0.1, -0.05) is 49.0 Å². The molecule has 0 saturated carbocycles. The quantitative estimate of drug-likeness (QED) is 0.352. The number of anilines is 1. The lowest BCUT2D eigenvalue weighted by atomic mass is 10.1. The molecule has 182 valence electrons. The minimum atomic E-state index is -0.754. The average molecular weight is 494 g/mol. The van der Waals surface area contributed by atoms with Gasteiger partial charge >= 0.3 is 0 Å². The van der Waals surface area contributed by atoms with Crippen molar-refractivity contribution in [2.24, 2.45) is 11.5 Å². The molecule has 1 saturated heterocycles. The van der Waals surface area contributed by atoms with Crippen molar-refractivity contribution in [3.8, 4) is 6.07 Å². The zero-order valence-corrected chi connectivity index (χ0v) is 20.2. The van der Waals surface area contributed by atoms with E-state index in [0.717, 1.165) is 11.8 Å². The highest BCUT2D eigenvalue weighted by molar-refractivity contribution is 8.00. The fraction of sp³-hybridized carbons (Fsp3) is 0.375. The number of hydrogen-bond acceptors (Lipinski definition) is 8. The number of primary amides is 1. The summed E-state index contributed by atoms with van der Waals surface area (Å²) in [5.41, 5.74) is 12.9. The second kappa shape index (κ2) is 12.2. The number of morpholine rings is 1. The smallest absolute Gasteiger partial charge is 0.235 e. The Balaban J connectivity index is 2.02. The van der Waals surface area contributed by atoms with E-state index < -0.39 is 11.2 Å². The van der Waals surface area contributed by atoms with Gasteiger partial charge in [0.15, 0.2) is 0 Å². The number of pyridine rings is 1. The minimum Gasteiger partial charge on any atom is -0.373 e. The Kier molecular flexibility index (Phi) is 9.04. The van der Waals surface area contributed by atoms with E-state index in [1.54, 1.807) is 12.1 Å². The SMILES string of the molecule is [C-]#[N+]c1c(N2CCO[C@H](CNC(=O)CN)C2)nc(SC(C(N)=O)c2ccccc2)c(C#N)c1CC. The maximum Gasteiger partial charge on any atom is 0.235 e. The summed E-state index contributed by atoms with van der Waals surface area (Å²) in [5.74, 6) is -0.412. The monoisotopic (exact) mass is 493 g/mol. The van der Waals surface area contributed by atoms with E-state index >= 15 is 0 Å². The van der Waals surface area contributed by atoms with Crippen LogP contribution in [0.3, 0.4) is 0 Å². The minimum absolute atomic E-state index is 0.113. The highest BCUT2D eigenvalue weighted by Gasteiger charge is 2.29. The topological polar surface area (TPSA) is 152 Å². The van der Waals surface area contributed by atoms with E-state index in [1.165, 1.54) is 0 Å². The number of aromatic nitrogens is 1. The Morgan fingerprint density at radius 3 is 2.77 bits per heavy atom. The number of carbonyl (C=O) groups is 2. The van der Waals surface area contributed by atoms with Crippen molar-refractivity contribution in [2.75, 3.05) is 37.7 Å². The lowest BCUT2D eigenvalue weighted by molar-refractivity contribution is -0.120. The number of carbonyl (C=O) groups excluding carboxylic acids is 2. The molecule has 0 radical (unpaired) electrons. The molecule has 1 fully saturated rings. The van der Waals surface area contributed by atoms with Crippen LogP contribution in [0.1, 0.15) is 28.9 Å². The molecular weight excluding hydrogens is 466 g/mol. The summed E-state index contributed by atoms with van der Waals surface area (Å²) in [4.78, 5) is 34.2. The molecule has 0 bridgehead atoms. The Morgan fingerprint density at radius 1 is 1.43 bits per heavy atom. The Bertz CT molecular complexity index is 1160. The van der Waals surface area contributed by atoms with E-state index in [2.05, 4.69) is 16.2 Å². The van der Waals surface area contributed by atoms with Gasteiger partial charge in [0.1, 0.15) is 22.2 Å². The van der Waals surface area contributed by atoms with Crippen LogP contribution in [-0.4, -0.2) is 55.7 Å². The maximum atomic E-state index is 12.3. The number of thioether (sulfide) groups is 1. The number of benzene rings is 1. The summed E-state index contributed by atoms with van der Waals surface area (Å²) in [6.45, 7) is 11.1. The van der Waals surface area contributed by atoms with Crippen LogP contribution in [0.5, 0.6) is 0 Å². The van der Waals surface area contributed by atoms with E-state index in [9.17, 15) is 14.9 Å². The molecule has 1 unspecified atom stereocenters. The van der Waals surface area contributed by atoms with Crippen molar-refractivity contribution in [1.82, 2.24) is 10.3 Å². The zero-order chi connectivity index (χ0) is 25.4. The molecule has 1 aliphatic rings. The van der Waals surface area contributed by atoms with Crippen molar-refractivity contribution in [3.63, 3.8) is 0 Å². The third-order valence-corrected chi connectivity index (χ3v) is 6.80. The molecule has 1 aliphatic heterocycles. The third-order valence-electron chi connectivity index (χ3n) is 5.54. The maximum absolute atomic E-state index is 12.3. The van der Waals surface area contributed by atoms with Crippen LogP contribution in [0.2, 0.25) is 0 Å². The molecule has 10 nitrogen and oxygen atoms in total. The second-order valence-electron chi connectivity index (χ2n) is 7.78. The molecule has 2 atom stereocenters. The number of nitrogens with one attached hydrogen (secondary N) is 1. The Morgan fingerprint density at radius 2 is 2.17 bits per heavy atom. The summed E-state index contributed by atoms with van der Waals surface area (Å²) in [5, 5.41) is 12.3. The fourth-order valence-corrected chi connectivity index (χ4v) is 4.89. The van der Waals surface area contributed by atoms with Crippen LogP contribution < -0.4 is 21.7 Å². The van der Waals surface area contributed by atoms with E-state index in [0.29, 0.717) is 53.8 Å². The van der Waals surface area contributed by atoms with Crippen LogP contribution in [0.25, 0.3) is 4.85 Å². The van der Waals surface area contributed by atoms with Crippen molar-refractivity contribution < 1.29 is 14.3 Å². The van der Waals surface area contributed by atoms with Gasteiger partial charge in [-0.15, -0.1) is 0 Å². The van der Waals surface area contributed by atoms with E-state index in [-0.39, 0.29) is 30.7 Å². The largest absolute Gasteiger partial charge is 0.373 e. The van der Waals surface area contributed by atoms with Crippen LogP contribution in [0.4, 0.5) is 11.5 Å². The first kappa shape index (κ1) is 26.0. The van der Waals surface area contributed by atoms with Gasteiger partial charge in [-0.3, -0.25) is 9.59 Å². The van der Waals surface area contributed by atoms with Gasteiger partial charge in [-0.05, 0) is 17.5 Å². The van der Waals surface area contributed by atoms with E-state index in [1.807, 2.05) is 30.0 Å². The summed E-state index contributed by atoms with van der Waals surface area (Å²) in [6, 6.07) is 11.2. The summed E-state index contributed by atoms with van der Waals surface area (Å²) >= 11 is 1.11. The van der Waals surface area contributed by atoms with Crippen molar-refractivity contribution >= 4 is 35.1 Å². The second-order valence-corrected chi connectivity index (χ2v) is 8.87. The zero-order valence-electron chi connectivity index (χ0n) is 19.4. The van der Waals surface area contributed by atoms with Crippen molar-refractivity contribution in [3.05, 3.63) is 58.4 Å². The van der Waals surface area contributed by atoms with Gasteiger partial charge in [0.25, 0.3) is 0 Å². The Labute approximate surface area is 208 Å². The highest BCUT2D eigenvalue weighted by atomic mass is 32.2. The number of nitrogens with zero attached hydrogens (tertiary/aromatic N) is 4. The van der Waals surface area contributed by atoms with Crippen molar-refractivity contribution in [1.29, 1.82) is 5.26 Å². The van der Waals surface area contributed by atoms with Crippen LogP contribution in [-0.2, 0) is 20.7 Å². The van der Waals surface area contributed by atoms with Crippen molar-refractivity contribution in [2.45, 2.75) is 29.7 Å². The van der Waals surface area contributed by atoms with Gasteiger partial charge in [-0.25, -0.2) is 9.83 Å². The van der Waals surface area contributed by atoms with Crippen LogP contribution >= 0.6 is 11.8 Å². The number of nitriles is 1. The lowest BCUT2D eigenvalue weighted by Crippen LogP contribution is -2.48. The molecule has 5 N–H and O–H groups in total. The number of amides is 2. The fourth-order valence-electron chi connectivity index (χ4n) is 3.84. The van der Waals surface area contributed by atoms with Gasteiger partial charge in [0, 0.05) is 19.6 Å². The number of ether oxygens (including phenoxy) is 1. The molecule has 11 heteroatoms.